The topological polar surface area (TPSA) is 29.5 Å². The van der Waals surface area contributed by atoms with Gasteiger partial charge in [-0.1, -0.05) is 48.9 Å². The summed E-state index contributed by atoms with van der Waals surface area (Å²) >= 11 is 1.86. The van der Waals surface area contributed by atoms with E-state index in [0.29, 0.717) is 12.5 Å². The minimum Gasteiger partial charge on any atom is -0.489 e. The standard InChI is InChI=1S/C21H23NO2S/c23-20(17-8-4-9-17)22-12-13-25-21(22)18-10-5-11-19(14-18)24-15-16-6-2-1-3-7-16/h1-3,5-7,10-11,14,17,21H,4,8-9,12-13,15H2/t21-/m0/s1. The minimum atomic E-state index is 0.133. The maximum Gasteiger partial charge on any atom is 0.226 e. The number of ether oxygens (including phenoxy) is 1. The molecule has 4 rings (SSSR count). The average Bonchev–Trinajstić information content (AvgIpc) is 3.09. The van der Waals surface area contributed by atoms with Gasteiger partial charge < -0.3 is 9.64 Å². The fourth-order valence-corrected chi connectivity index (χ4v) is 4.61. The minimum absolute atomic E-state index is 0.133. The molecule has 1 amide bonds. The Balaban J connectivity index is 1.45. The molecular formula is C21H23NO2S. The van der Waals surface area contributed by atoms with Crippen LogP contribution in [0.4, 0.5) is 0 Å². The summed E-state index contributed by atoms with van der Waals surface area (Å²) in [7, 11) is 0. The molecule has 1 aliphatic carbocycles. The van der Waals surface area contributed by atoms with Crippen molar-refractivity contribution in [1.82, 2.24) is 4.90 Å². The van der Waals surface area contributed by atoms with Gasteiger partial charge in [-0.2, -0.15) is 0 Å². The van der Waals surface area contributed by atoms with Crippen LogP contribution in [0.25, 0.3) is 0 Å². The third kappa shape index (κ3) is 3.69. The maximum atomic E-state index is 12.7. The normalized spacial score (nSPS) is 20.3. The van der Waals surface area contributed by atoms with Gasteiger partial charge in [0.1, 0.15) is 17.7 Å². The third-order valence-electron chi connectivity index (χ3n) is 5.02. The van der Waals surface area contributed by atoms with Gasteiger partial charge in [-0.25, -0.2) is 0 Å². The van der Waals surface area contributed by atoms with Crippen LogP contribution >= 0.6 is 11.8 Å². The molecule has 2 fully saturated rings. The molecule has 1 atom stereocenters. The van der Waals surface area contributed by atoms with Crippen LogP contribution in [0.3, 0.4) is 0 Å². The van der Waals surface area contributed by atoms with Crippen molar-refractivity contribution in [1.29, 1.82) is 0 Å². The number of carbonyl (C=O) groups excluding carboxylic acids is 1. The second kappa shape index (κ2) is 7.52. The molecule has 1 heterocycles. The number of rotatable bonds is 5. The molecule has 0 aromatic heterocycles. The Hall–Kier alpha value is -1.94. The monoisotopic (exact) mass is 353 g/mol. The van der Waals surface area contributed by atoms with Crippen molar-refractivity contribution < 1.29 is 9.53 Å². The molecule has 2 aromatic rings. The van der Waals surface area contributed by atoms with Crippen LogP contribution in [-0.4, -0.2) is 23.1 Å². The molecular weight excluding hydrogens is 330 g/mol. The van der Waals surface area contributed by atoms with E-state index in [4.69, 9.17) is 4.74 Å². The Kier molecular flexibility index (Phi) is 4.97. The number of thioether (sulfide) groups is 1. The zero-order valence-corrected chi connectivity index (χ0v) is 15.1. The molecule has 25 heavy (non-hydrogen) atoms. The van der Waals surface area contributed by atoms with E-state index in [-0.39, 0.29) is 11.3 Å². The summed E-state index contributed by atoms with van der Waals surface area (Å²) in [5.41, 5.74) is 2.32. The fraction of sp³-hybridized carbons (Fsp3) is 0.381. The second-order valence-electron chi connectivity index (χ2n) is 6.73. The molecule has 0 bridgehead atoms. The summed E-state index contributed by atoms with van der Waals surface area (Å²) < 4.78 is 5.96. The molecule has 2 aromatic carbocycles. The lowest BCUT2D eigenvalue weighted by Gasteiger charge is -2.32. The summed E-state index contributed by atoms with van der Waals surface area (Å²) in [4.78, 5) is 14.8. The van der Waals surface area contributed by atoms with E-state index in [9.17, 15) is 4.79 Å². The zero-order chi connectivity index (χ0) is 17.1. The van der Waals surface area contributed by atoms with Gasteiger partial charge in [0.05, 0.1) is 0 Å². The van der Waals surface area contributed by atoms with E-state index < -0.39 is 0 Å². The summed E-state index contributed by atoms with van der Waals surface area (Å²) in [6.45, 7) is 1.42. The molecule has 0 N–H and O–H groups in total. The number of hydrogen-bond acceptors (Lipinski definition) is 3. The lowest BCUT2D eigenvalue weighted by Crippen LogP contribution is -2.38. The highest BCUT2D eigenvalue weighted by atomic mass is 32.2. The van der Waals surface area contributed by atoms with E-state index in [0.717, 1.165) is 36.5 Å². The van der Waals surface area contributed by atoms with Crippen LogP contribution in [-0.2, 0) is 11.4 Å². The Morgan fingerprint density at radius 1 is 1.12 bits per heavy atom. The number of benzene rings is 2. The van der Waals surface area contributed by atoms with E-state index in [1.165, 1.54) is 12.0 Å². The van der Waals surface area contributed by atoms with E-state index in [1.54, 1.807) is 0 Å². The summed E-state index contributed by atoms with van der Waals surface area (Å²) in [5.74, 6) is 2.48. The van der Waals surface area contributed by atoms with Crippen LogP contribution in [0.5, 0.6) is 5.75 Å². The van der Waals surface area contributed by atoms with Crippen molar-refractivity contribution in [2.24, 2.45) is 5.92 Å². The molecule has 130 valence electrons. The number of hydrogen-bond donors (Lipinski definition) is 0. The maximum absolute atomic E-state index is 12.7. The van der Waals surface area contributed by atoms with Crippen molar-refractivity contribution in [3.05, 3.63) is 65.7 Å². The lowest BCUT2D eigenvalue weighted by atomic mass is 9.84. The average molecular weight is 353 g/mol. The highest BCUT2D eigenvalue weighted by molar-refractivity contribution is 7.99. The number of amides is 1. The highest BCUT2D eigenvalue weighted by Crippen LogP contribution is 2.41. The molecule has 4 heteroatoms. The first-order chi connectivity index (χ1) is 12.3. The summed E-state index contributed by atoms with van der Waals surface area (Å²) in [5, 5.41) is 0.133. The van der Waals surface area contributed by atoms with Crippen molar-refractivity contribution in [3.8, 4) is 5.75 Å². The van der Waals surface area contributed by atoms with Gasteiger partial charge in [0.15, 0.2) is 0 Å². The largest absolute Gasteiger partial charge is 0.489 e. The van der Waals surface area contributed by atoms with Gasteiger partial charge in [-0.3, -0.25) is 4.79 Å². The quantitative estimate of drug-likeness (QED) is 0.784. The predicted molar refractivity (Wildman–Crippen MR) is 101 cm³/mol. The van der Waals surface area contributed by atoms with Gasteiger partial charge in [-0.15, -0.1) is 11.8 Å². The van der Waals surface area contributed by atoms with Crippen LogP contribution in [0, 0.1) is 5.92 Å². The number of carbonyl (C=O) groups is 1. The molecule has 3 nitrogen and oxygen atoms in total. The molecule has 0 radical (unpaired) electrons. The predicted octanol–water partition coefficient (Wildman–Crippen LogP) is 4.64. The first-order valence-corrected chi connectivity index (χ1v) is 10.0. The number of nitrogens with zero attached hydrogens (tertiary/aromatic N) is 1. The van der Waals surface area contributed by atoms with Gasteiger partial charge in [0.2, 0.25) is 5.91 Å². The molecule has 0 spiro atoms. The highest BCUT2D eigenvalue weighted by Gasteiger charge is 2.36. The molecule has 2 aliphatic rings. The lowest BCUT2D eigenvalue weighted by molar-refractivity contribution is -0.138. The second-order valence-corrected chi connectivity index (χ2v) is 7.92. The summed E-state index contributed by atoms with van der Waals surface area (Å²) in [6, 6.07) is 18.4. The van der Waals surface area contributed by atoms with Crippen LogP contribution in [0.2, 0.25) is 0 Å². The van der Waals surface area contributed by atoms with Gasteiger partial charge >= 0.3 is 0 Å². The Morgan fingerprint density at radius 3 is 2.72 bits per heavy atom. The van der Waals surface area contributed by atoms with Crippen LogP contribution < -0.4 is 4.74 Å². The molecule has 1 saturated carbocycles. The SMILES string of the molecule is O=C(C1CCC1)N1CCS[C@H]1c1cccc(OCc2ccccc2)c1. The third-order valence-corrected chi connectivity index (χ3v) is 6.28. The Morgan fingerprint density at radius 2 is 1.96 bits per heavy atom. The van der Waals surface area contributed by atoms with Crippen molar-refractivity contribution in [2.75, 3.05) is 12.3 Å². The fourth-order valence-electron chi connectivity index (χ4n) is 3.36. The zero-order valence-electron chi connectivity index (χ0n) is 14.3. The molecule has 1 saturated heterocycles. The molecule has 1 aliphatic heterocycles. The van der Waals surface area contributed by atoms with E-state index in [2.05, 4.69) is 29.2 Å². The molecule has 0 unspecified atom stereocenters. The smallest absolute Gasteiger partial charge is 0.226 e. The first kappa shape index (κ1) is 16.5. The van der Waals surface area contributed by atoms with Crippen molar-refractivity contribution in [3.63, 3.8) is 0 Å². The first-order valence-electron chi connectivity index (χ1n) is 9.00. The van der Waals surface area contributed by atoms with Crippen LogP contribution in [0.15, 0.2) is 54.6 Å². The van der Waals surface area contributed by atoms with E-state index in [1.807, 2.05) is 42.1 Å². The van der Waals surface area contributed by atoms with Crippen molar-refractivity contribution >= 4 is 17.7 Å². The van der Waals surface area contributed by atoms with Gasteiger partial charge in [0.25, 0.3) is 0 Å². The van der Waals surface area contributed by atoms with Gasteiger partial charge in [0, 0.05) is 18.2 Å². The Bertz CT molecular complexity index is 730. The van der Waals surface area contributed by atoms with Crippen LogP contribution in [0.1, 0.15) is 35.8 Å². The van der Waals surface area contributed by atoms with Crippen molar-refractivity contribution in [2.45, 2.75) is 31.2 Å². The van der Waals surface area contributed by atoms with E-state index >= 15 is 0 Å². The summed E-state index contributed by atoms with van der Waals surface area (Å²) in [6.07, 6.45) is 3.32. The Labute approximate surface area is 153 Å². The van der Waals surface area contributed by atoms with Gasteiger partial charge in [-0.05, 0) is 36.1 Å².